The van der Waals surface area contributed by atoms with Crippen molar-refractivity contribution in [3.05, 3.63) is 69.7 Å². The van der Waals surface area contributed by atoms with E-state index in [2.05, 4.69) is 12.2 Å². The summed E-state index contributed by atoms with van der Waals surface area (Å²) in [6, 6.07) is 14.4. The summed E-state index contributed by atoms with van der Waals surface area (Å²) in [5.41, 5.74) is 1.95. The Balaban J connectivity index is 2.04. The second-order valence-corrected chi connectivity index (χ2v) is 8.95. The van der Waals surface area contributed by atoms with Gasteiger partial charge in [0.25, 0.3) is 0 Å². The lowest BCUT2D eigenvalue weighted by molar-refractivity contribution is -0.138. The highest BCUT2D eigenvalue weighted by Crippen LogP contribution is 2.19. The summed E-state index contributed by atoms with van der Waals surface area (Å²) in [7, 11) is 0. The lowest BCUT2D eigenvalue weighted by atomic mass is 10.1. The van der Waals surface area contributed by atoms with Gasteiger partial charge < -0.3 is 10.2 Å². The second-order valence-electron chi connectivity index (χ2n) is 7.09. The Morgan fingerprint density at radius 2 is 1.70 bits per heavy atom. The molecule has 2 amide bonds. The number of hydrogen-bond donors (Lipinski definition) is 1. The molecule has 0 aliphatic carbocycles. The standard InChI is InChI=1S/C23H28Cl2N2O2S/c1-3-4-11-26-23(29)17(2)27(14-18-7-5-9-20(24)12-18)22(28)16-30-15-19-8-6-10-21(25)13-19/h5-10,12-13,17H,3-4,11,14-16H2,1-2H3,(H,26,29)/t17-/m1/s1. The molecule has 0 spiro atoms. The van der Waals surface area contributed by atoms with Crippen LogP contribution in [0.5, 0.6) is 0 Å². The normalized spacial score (nSPS) is 11.7. The number of amides is 2. The van der Waals surface area contributed by atoms with Crippen LogP contribution in [0.25, 0.3) is 0 Å². The van der Waals surface area contributed by atoms with E-state index in [0.29, 0.717) is 28.9 Å². The van der Waals surface area contributed by atoms with Crippen molar-refractivity contribution in [2.75, 3.05) is 12.3 Å². The smallest absolute Gasteiger partial charge is 0.242 e. The van der Waals surface area contributed by atoms with Gasteiger partial charge in [-0.1, -0.05) is 60.8 Å². The van der Waals surface area contributed by atoms with Crippen molar-refractivity contribution in [1.82, 2.24) is 10.2 Å². The van der Waals surface area contributed by atoms with Gasteiger partial charge in [0.1, 0.15) is 6.04 Å². The Bertz CT molecular complexity index is 847. The molecule has 2 aromatic rings. The molecule has 0 aliphatic heterocycles. The third-order valence-corrected chi connectivity index (χ3v) is 6.08. The first-order chi connectivity index (χ1) is 14.4. The van der Waals surface area contributed by atoms with Crippen molar-refractivity contribution < 1.29 is 9.59 Å². The molecular weight excluding hydrogens is 439 g/mol. The molecule has 0 aromatic heterocycles. The fourth-order valence-corrected chi connectivity index (χ4v) is 4.20. The first-order valence-electron chi connectivity index (χ1n) is 10.0. The van der Waals surface area contributed by atoms with E-state index in [9.17, 15) is 9.59 Å². The topological polar surface area (TPSA) is 49.4 Å². The SMILES string of the molecule is CCCCNC(=O)[C@@H](C)N(Cc1cccc(Cl)c1)C(=O)CSCc1cccc(Cl)c1. The molecule has 1 atom stereocenters. The molecule has 4 nitrogen and oxygen atoms in total. The predicted octanol–water partition coefficient (Wildman–Crippen LogP) is 5.56. The lowest BCUT2D eigenvalue weighted by Crippen LogP contribution is -2.48. The minimum atomic E-state index is -0.569. The van der Waals surface area contributed by atoms with Crippen LogP contribution in [-0.2, 0) is 21.9 Å². The molecule has 162 valence electrons. The number of halogens is 2. The average molecular weight is 467 g/mol. The highest BCUT2D eigenvalue weighted by molar-refractivity contribution is 7.99. The maximum absolute atomic E-state index is 13.0. The number of nitrogens with one attached hydrogen (secondary N) is 1. The summed E-state index contributed by atoms with van der Waals surface area (Å²) in [6.45, 7) is 4.79. The van der Waals surface area contributed by atoms with Crippen LogP contribution in [0.3, 0.4) is 0 Å². The van der Waals surface area contributed by atoms with E-state index in [1.807, 2.05) is 42.5 Å². The largest absolute Gasteiger partial charge is 0.354 e. The fourth-order valence-electron chi connectivity index (χ4n) is 2.92. The molecule has 0 fully saturated rings. The maximum Gasteiger partial charge on any atom is 0.242 e. The van der Waals surface area contributed by atoms with Crippen LogP contribution in [0.2, 0.25) is 10.0 Å². The number of benzene rings is 2. The monoisotopic (exact) mass is 466 g/mol. The van der Waals surface area contributed by atoms with Gasteiger partial charge in [0.2, 0.25) is 11.8 Å². The molecule has 0 aliphatic rings. The van der Waals surface area contributed by atoms with Gasteiger partial charge in [-0.2, -0.15) is 0 Å². The van der Waals surface area contributed by atoms with Crippen LogP contribution in [0.1, 0.15) is 37.8 Å². The zero-order valence-electron chi connectivity index (χ0n) is 17.4. The van der Waals surface area contributed by atoms with Gasteiger partial charge in [-0.25, -0.2) is 0 Å². The Kier molecular flexibility index (Phi) is 10.6. The molecule has 0 radical (unpaired) electrons. The van der Waals surface area contributed by atoms with Crippen molar-refractivity contribution in [2.45, 2.75) is 45.0 Å². The van der Waals surface area contributed by atoms with Crippen molar-refractivity contribution in [3.8, 4) is 0 Å². The highest BCUT2D eigenvalue weighted by Gasteiger charge is 2.25. The first-order valence-corrected chi connectivity index (χ1v) is 12.0. The summed E-state index contributed by atoms with van der Waals surface area (Å²) in [5, 5.41) is 4.21. The maximum atomic E-state index is 13.0. The van der Waals surface area contributed by atoms with E-state index in [0.717, 1.165) is 24.0 Å². The minimum Gasteiger partial charge on any atom is -0.354 e. The first kappa shape index (κ1) is 24.6. The zero-order valence-corrected chi connectivity index (χ0v) is 19.7. The lowest BCUT2D eigenvalue weighted by Gasteiger charge is -2.29. The molecule has 2 aromatic carbocycles. The van der Waals surface area contributed by atoms with Crippen LogP contribution in [0.15, 0.2) is 48.5 Å². The van der Waals surface area contributed by atoms with Crippen molar-refractivity contribution >= 4 is 46.8 Å². The molecule has 1 N–H and O–H groups in total. The van der Waals surface area contributed by atoms with E-state index in [1.54, 1.807) is 17.9 Å². The quantitative estimate of drug-likeness (QED) is 0.440. The van der Waals surface area contributed by atoms with Gasteiger partial charge in [-0.05, 0) is 48.7 Å². The molecule has 7 heteroatoms. The Morgan fingerprint density at radius 1 is 1.07 bits per heavy atom. The predicted molar refractivity (Wildman–Crippen MR) is 127 cm³/mol. The summed E-state index contributed by atoms with van der Waals surface area (Å²) in [6.07, 6.45) is 1.91. The van der Waals surface area contributed by atoms with Gasteiger partial charge in [0.05, 0.1) is 5.75 Å². The summed E-state index contributed by atoms with van der Waals surface area (Å²) >= 11 is 13.6. The second kappa shape index (κ2) is 12.9. The number of hydrogen-bond acceptors (Lipinski definition) is 3. The highest BCUT2D eigenvalue weighted by atomic mass is 35.5. The van der Waals surface area contributed by atoms with Crippen molar-refractivity contribution in [3.63, 3.8) is 0 Å². The third kappa shape index (κ3) is 8.21. The number of carbonyl (C=O) groups is 2. The van der Waals surface area contributed by atoms with Gasteiger partial charge in [0, 0.05) is 28.9 Å². The molecule has 0 unspecified atom stereocenters. The number of thioether (sulfide) groups is 1. The molecule has 0 heterocycles. The molecule has 0 saturated heterocycles. The molecule has 30 heavy (non-hydrogen) atoms. The van der Waals surface area contributed by atoms with E-state index < -0.39 is 6.04 Å². The van der Waals surface area contributed by atoms with Gasteiger partial charge in [-0.15, -0.1) is 11.8 Å². The molecule has 2 rings (SSSR count). The number of carbonyl (C=O) groups excluding carboxylic acids is 2. The Labute approximate surface area is 193 Å². The molecule has 0 saturated carbocycles. The zero-order chi connectivity index (χ0) is 21.9. The Hall–Kier alpha value is -1.69. The van der Waals surface area contributed by atoms with Crippen LogP contribution >= 0.6 is 35.0 Å². The van der Waals surface area contributed by atoms with E-state index in [1.165, 1.54) is 11.8 Å². The van der Waals surface area contributed by atoms with Crippen molar-refractivity contribution in [1.29, 1.82) is 0 Å². The molecular formula is C23H28Cl2N2O2S. The van der Waals surface area contributed by atoms with Gasteiger partial charge in [-0.3, -0.25) is 9.59 Å². The van der Waals surface area contributed by atoms with E-state index >= 15 is 0 Å². The molecule has 0 bridgehead atoms. The average Bonchev–Trinajstić information content (AvgIpc) is 2.71. The summed E-state index contributed by atoms with van der Waals surface area (Å²) in [5.74, 6) is 0.729. The number of unbranched alkanes of at least 4 members (excludes halogenated alkanes) is 1. The van der Waals surface area contributed by atoms with Gasteiger partial charge in [0.15, 0.2) is 0 Å². The third-order valence-electron chi connectivity index (χ3n) is 4.62. The van der Waals surface area contributed by atoms with Crippen molar-refractivity contribution in [2.24, 2.45) is 0 Å². The van der Waals surface area contributed by atoms with E-state index in [4.69, 9.17) is 23.2 Å². The van der Waals surface area contributed by atoms with Crippen LogP contribution in [-0.4, -0.2) is 35.1 Å². The number of rotatable bonds is 11. The summed E-state index contributed by atoms with van der Waals surface area (Å²) in [4.78, 5) is 27.3. The van der Waals surface area contributed by atoms with Crippen LogP contribution in [0.4, 0.5) is 0 Å². The van der Waals surface area contributed by atoms with E-state index in [-0.39, 0.29) is 17.6 Å². The minimum absolute atomic E-state index is 0.0832. The van der Waals surface area contributed by atoms with Crippen LogP contribution < -0.4 is 5.32 Å². The Morgan fingerprint density at radius 3 is 2.33 bits per heavy atom. The fraction of sp³-hybridized carbons (Fsp3) is 0.391. The summed E-state index contributed by atoms with van der Waals surface area (Å²) < 4.78 is 0. The van der Waals surface area contributed by atoms with Gasteiger partial charge >= 0.3 is 0 Å². The number of nitrogens with zero attached hydrogens (tertiary/aromatic N) is 1. The van der Waals surface area contributed by atoms with Crippen LogP contribution in [0, 0.1) is 0 Å².